The summed E-state index contributed by atoms with van der Waals surface area (Å²) >= 11 is 0. The molecule has 0 saturated carbocycles. The van der Waals surface area contributed by atoms with Crippen LogP contribution in [0.5, 0.6) is 0 Å². The number of benzene rings is 1. The van der Waals surface area contributed by atoms with Gasteiger partial charge in [-0.2, -0.15) is 13.2 Å². The molecule has 7 heteroatoms. The second-order valence-electron chi connectivity index (χ2n) is 4.69. The highest BCUT2D eigenvalue weighted by Crippen LogP contribution is 2.24. The minimum atomic E-state index is -4.30. The molecule has 20 heavy (non-hydrogen) atoms. The zero-order valence-corrected chi connectivity index (χ0v) is 10.8. The fraction of sp³-hybridized carbons (Fsp3) is 0.462. The Morgan fingerprint density at radius 1 is 1.30 bits per heavy atom. The maximum Gasteiger partial charge on any atom is 0.405 e. The largest absolute Gasteiger partial charge is 0.405 e. The van der Waals surface area contributed by atoms with Gasteiger partial charge in [-0.15, -0.1) is 0 Å². The van der Waals surface area contributed by atoms with Crippen LogP contribution >= 0.6 is 0 Å². The summed E-state index contributed by atoms with van der Waals surface area (Å²) in [5.74, 6) is -0.304. The first-order valence-corrected chi connectivity index (χ1v) is 6.37. The van der Waals surface area contributed by atoms with Gasteiger partial charge in [0, 0.05) is 6.54 Å². The molecule has 3 N–H and O–H groups in total. The molecule has 0 aliphatic carbocycles. The summed E-state index contributed by atoms with van der Waals surface area (Å²) in [6, 6.07) is 6.38. The van der Waals surface area contributed by atoms with Gasteiger partial charge in [-0.05, 0) is 25.1 Å². The van der Waals surface area contributed by atoms with Crippen molar-refractivity contribution in [3.05, 3.63) is 24.3 Å². The smallest absolute Gasteiger partial charge is 0.375 e. The Labute approximate surface area is 114 Å². The molecule has 1 atom stereocenters. The molecule has 1 heterocycles. The molecule has 0 bridgehead atoms. The van der Waals surface area contributed by atoms with Gasteiger partial charge in [-0.25, -0.2) is 0 Å². The molecule has 2 rings (SSSR count). The predicted octanol–water partition coefficient (Wildman–Crippen LogP) is 2.21. The maximum atomic E-state index is 12.2. The van der Waals surface area contributed by atoms with Crippen LogP contribution in [0.2, 0.25) is 0 Å². The van der Waals surface area contributed by atoms with Gasteiger partial charge in [-0.3, -0.25) is 4.79 Å². The molecular weight excluding hydrogens is 271 g/mol. The molecule has 0 aromatic heterocycles. The molecule has 1 aromatic rings. The second-order valence-corrected chi connectivity index (χ2v) is 4.69. The highest BCUT2D eigenvalue weighted by molar-refractivity contribution is 5.95. The van der Waals surface area contributed by atoms with Crippen molar-refractivity contribution in [3.8, 4) is 0 Å². The van der Waals surface area contributed by atoms with E-state index in [-0.39, 0.29) is 17.5 Å². The summed E-state index contributed by atoms with van der Waals surface area (Å²) < 4.78 is 36.7. The molecule has 1 amide bonds. The van der Waals surface area contributed by atoms with Gasteiger partial charge >= 0.3 is 6.18 Å². The lowest BCUT2D eigenvalue weighted by atomic mass is 10.1. The maximum absolute atomic E-state index is 12.2. The molecular formula is C13H16F3N3O. The number of halogens is 3. The van der Waals surface area contributed by atoms with Crippen molar-refractivity contribution in [2.75, 3.05) is 30.3 Å². The van der Waals surface area contributed by atoms with Crippen molar-refractivity contribution in [3.63, 3.8) is 0 Å². The number of hydrogen-bond donors (Lipinski definition) is 3. The number of rotatable bonds is 4. The third-order valence-corrected chi connectivity index (χ3v) is 3.10. The Kier molecular flexibility index (Phi) is 4.49. The van der Waals surface area contributed by atoms with E-state index in [2.05, 4.69) is 16.0 Å². The van der Waals surface area contributed by atoms with E-state index >= 15 is 0 Å². The zero-order valence-electron chi connectivity index (χ0n) is 10.8. The Balaban J connectivity index is 2.01. The van der Waals surface area contributed by atoms with Gasteiger partial charge in [0.2, 0.25) is 5.91 Å². The van der Waals surface area contributed by atoms with E-state index in [0.29, 0.717) is 12.2 Å². The van der Waals surface area contributed by atoms with E-state index < -0.39 is 12.7 Å². The SMILES string of the molecule is O=C(Nc1ccccc1NCC(F)(F)F)C1CCNC1. The van der Waals surface area contributed by atoms with Crippen molar-refractivity contribution in [1.82, 2.24) is 5.32 Å². The summed E-state index contributed by atoms with van der Waals surface area (Å²) in [6.45, 7) is 0.251. The average molecular weight is 287 g/mol. The van der Waals surface area contributed by atoms with Crippen LogP contribution in [0.1, 0.15) is 6.42 Å². The van der Waals surface area contributed by atoms with E-state index in [1.807, 2.05) is 0 Å². The van der Waals surface area contributed by atoms with Gasteiger partial charge in [0.15, 0.2) is 0 Å². The number of para-hydroxylation sites is 2. The number of carbonyl (C=O) groups is 1. The lowest BCUT2D eigenvalue weighted by molar-refractivity contribution is -0.119. The van der Waals surface area contributed by atoms with Crippen LogP contribution in [0.15, 0.2) is 24.3 Å². The molecule has 1 aliphatic rings. The molecule has 0 spiro atoms. The highest BCUT2D eigenvalue weighted by Gasteiger charge is 2.27. The van der Waals surface area contributed by atoms with Gasteiger partial charge in [0.25, 0.3) is 0 Å². The first-order chi connectivity index (χ1) is 9.46. The molecule has 1 aromatic carbocycles. The lowest BCUT2D eigenvalue weighted by Gasteiger charge is -2.16. The molecule has 1 unspecified atom stereocenters. The Morgan fingerprint density at radius 2 is 2.00 bits per heavy atom. The summed E-state index contributed by atoms with van der Waals surface area (Å²) in [4.78, 5) is 12.0. The van der Waals surface area contributed by atoms with E-state index in [4.69, 9.17) is 0 Å². The number of anilines is 2. The van der Waals surface area contributed by atoms with Crippen LogP contribution in [0, 0.1) is 5.92 Å². The summed E-state index contributed by atoms with van der Waals surface area (Å²) in [5.41, 5.74) is 0.637. The summed E-state index contributed by atoms with van der Waals surface area (Å²) in [6.07, 6.45) is -3.56. The normalized spacial score (nSPS) is 18.9. The van der Waals surface area contributed by atoms with Crippen LogP contribution in [0.4, 0.5) is 24.5 Å². The zero-order chi connectivity index (χ0) is 14.6. The van der Waals surface area contributed by atoms with E-state index in [1.165, 1.54) is 6.07 Å². The quantitative estimate of drug-likeness (QED) is 0.796. The number of hydrogen-bond acceptors (Lipinski definition) is 3. The van der Waals surface area contributed by atoms with Crippen LogP contribution in [0.3, 0.4) is 0 Å². The topological polar surface area (TPSA) is 53.2 Å². The number of carbonyl (C=O) groups excluding carboxylic acids is 1. The van der Waals surface area contributed by atoms with Crippen LogP contribution < -0.4 is 16.0 Å². The first kappa shape index (κ1) is 14.6. The van der Waals surface area contributed by atoms with Gasteiger partial charge in [0.1, 0.15) is 6.54 Å². The lowest BCUT2D eigenvalue weighted by Crippen LogP contribution is -2.26. The van der Waals surface area contributed by atoms with Crippen LogP contribution in [-0.4, -0.2) is 31.7 Å². The molecule has 1 aliphatic heterocycles. The average Bonchev–Trinajstić information content (AvgIpc) is 2.90. The molecule has 0 radical (unpaired) electrons. The minimum Gasteiger partial charge on any atom is -0.375 e. The molecule has 110 valence electrons. The van der Waals surface area contributed by atoms with E-state index in [9.17, 15) is 18.0 Å². The number of nitrogens with one attached hydrogen (secondary N) is 3. The third kappa shape index (κ3) is 4.12. The summed E-state index contributed by atoms with van der Waals surface area (Å²) in [7, 11) is 0. The van der Waals surface area contributed by atoms with E-state index in [1.54, 1.807) is 18.2 Å². The van der Waals surface area contributed by atoms with Crippen molar-refractivity contribution in [2.45, 2.75) is 12.6 Å². The predicted molar refractivity (Wildman–Crippen MR) is 70.6 cm³/mol. The monoisotopic (exact) mass is 287 g/mol. The van der Waals surface area contributed by atoms with Crippen LogP contribution in [0.25, 0.3) is 0 Å². The standard InChI is InChI=1S/C13H16F3N3O/c14-13(15,16)8-18-10-3-1-2-4-11(10)19-12(20)9-5-6-17-7-9/h1-4,9,17-18H,5-8H2,(H,19,20). The third-order valence-electron chi connectivity index (χ3n) is 3.10. The van der Waals surface area contributed by atoms with Gasteiger partial charge < -0.3 is 16.0 Å². The molecule has 1 saturated heterocycles. The van der Waals surface area contributed by atoms with Crippen molar-refractivity contribution in [1.29, 1.82) is 0 Å². The Hall–Kier alpha value is -1.76. The molecule has 1 fully saturated rings. The number of amides is 1. The van der Waals surface area contributed by atoms with Gasteiger partial charge in [0.05, 0.1) is 17.3 Å². The van der Waals surface area contributed by atoms with Crippen molar-refractivity contribution >= 4 is 17.3 Å². The van der Waals surface area contributed by atoms with E-state index in [0.717, 1.165) is 13.0 Å². The second kappa shape index (κ2) is 6.13. The highest BCUT2D eigenvalue weighted by atomic mass is 19.4. The van der Waals surface area contributed by atoms with Crippen molar-refractivity contribution < 1.29 is 18.0 Å². The Morgan fingerprint density at radius 3 is 2.60 bits per heavy atom. The summed E-state index contributed by atoms with van der Waals surface area (Å²) in [5, 5.41) is 8.05. The fourth-order valence-corrected chi connectivity index (χ4v) is 2.05. The number of alkyl halides is 3. The van der Waals surface area contributed by atoms with Crippen molar-refractivity contribution in [2.24, 2.45) is 5.92 Å². The molecule has 4 nitrogen and oxygen atoms in total. The van der Waals surface area contributed by atoms with Gasteiger partial charge in [-0.1, -0.05) is 12.1 Å². The minimum absolute atomic E-state index is 0.134. The fourth-order valence-electron chi connectivity index (χ4n) is 2.05. The first-order valence-electron chi connectivity index (χ1n) is 6.37. The van der Waals surface area contributed by atoms with Crippen LogP contribution in [-0.2, 0) is 4.79 Å². The Bertz CT molecular complexity index is 470.